The Hall–Kier alpha value is -5.01. The summed E-state index contributed by atoms with van der Waals surface area (Å²) in [7, 11) is 0. The molecule has 5 aromatic carbocycles. The van der Waals surface area contributed by atoms with Gasteiger partial charge in [-0.25, -0.2) is 0 Å². The van der Waals surface area contributed by atoms with E-state index in [1.54, 1.807) is 0 Å². The minimum Gasteiger partial charge on any atom is -0.304 e. The minimum absolute atomic E-state index is 0.521. The summed E-state index contributed by atoms with van der Waals surface area (Å²) in [6, 6.07) is 44.5. The summed E-state index contributed by atoms with van der Waals surface area (Å²) < 4.78 is 0. The van der Waals surface area contributed by atoms with Gasteiger partial charge in [0.25, 0.3) is 0 Å². The minimum atomic E-state index is -0.521. The van der Waals surface area contributed by atoms with Crippen molar-refractivity contribution in [2.75, 3.05) is 4.90 Å². The van der Waals surface area contributed by atoms with Crippen LogP contribution in [0.4, 0.5) is 11.4 Å². The average Bonchev–Trinajstić information content (AvgIpc) is 3.74. The van der Waals surface area contributed by atoms with E-state index in [2.05, 4.69) is 162 Å². The summed E-state index contributed by atoms with van der Waals surface area (Å²) in [5, 5.41) is 2.27. The number of thioether (sulfide) groups is 1. The van der Waals surface area contributed by atoms with Crippen LogP contribution in [0.25, 0.3) is 16.7 Å². The number of fused-ring (bicyclic) bond motifs is 4. The number of benzene rings is 5. The molecule has 5 aromatic rings. The van der Waals surface area contributed by atoms with Crippen LogP contribution < -0.4 is 4.90 Å². The number of allylic oxidation sites excluding steroid dienone is 4. The van der Waals surface area contributed by atoms with E-state index in [4.69, 9.17) is 0 Å². The first kappa shape index (κ1) is 29.7. The molecule has 0 saturated carbocycles. The Balaban J connectivity index is 0.00000166. The van der Waals surface area contributed by atoms with Crippen LogP contribution in [0, 0.1) is 0 Å². The Morgan fingerprint density at radius 3 is 2.04 bits per heavy atom. The van der Waals surface area contributed by atoms with E-state index in [0.717, 1.165) is 29.9 Å². The highest BCUT2D eigenvalue weighted by atomic mass is 32.2. The molecule has 0 bridgehead atoms. The third-order valence-corrected chi connectivity index (χ3v) is 10.0. The summed E-state index contributed by atoms with van der Waals surface area (Å²) >= 11 is 1.83. The second-order valence-electron chi connectivity index (χ2n) is 11.4. The van der Waals surface area contributed by atoms with Crippen LogP contribution in [0.3, 0.4) is 0 Å². The summed E-state index contributed by atoms with van der Waals surface area (Å²) in [6.45, 7) is 8.55. The highest BCUT2D eigenvalue weighted by molar-refractivity contribution is 8.02. The van der Waals surface area contributed by atoms with Gasteiger partial charge in [0.1, 0.15) is 0 Å². The van der Waals surface area contributed by atoms with E-state index in [1.165, 1.54) is 49.4 Å². The lowest BCUT2D eigenvalue weighted by atomic mass is 9.67. The van der Waals surface area contributed by atoms with Crippen molar-refractivity contribution < 1.29 is 0 Å². The van der Waals surface area contributed by atoms with Gasteiger partial charge in [0.15, 0.2) is 0 Å². The van der Waals surface area contributed by atoms with Crippen molar-refractivity contribution in [3.8, 4) is 11.1 Å². The van der Waals surface area contributed by atoms with Crippen LogP contribution in [0.2, 0.25) is 0 Å². The predicted molar refractivity (Wildman–Crippen MR) is 198 cm³/mol. The second-order valence-corrected chi connectivity index (χ2v) is 12.3. The maximum absolute atomic E-state index is 4.55. The molecule has 0 atom stereocenters. The van der Waals surface area contributed by atoms with Gasteiger partial charge in [-0.1, -0.05) is 147 Å². The SMILES string of the molecule is C=C1CC/C=C\Sc2c1cccc2C1(c2cccc(N(C3=C=CC=C3)c3ccccc3)c2)c2ccccc2-c2ccccc21.CC. The Labute approximate surface area is 277 Å². The van der Waals surface area contributed by atoms with Gasteiger partial charge in [0, 0.05) is 16.3 Å². The number of rotatable bonds is 5. The highest BCUT2D eigenvalue weighted by Gasteiger charge is 2.47. The molecule has 0 fully saturated rings. The summed E-state index contributed by atoms with van der Waals surface area (Å²) in [6.07, 6.45) is 10.4. The standard InChI is InChI=1S/C42H31NS.C2H6/c1-30-15-11-12-28-44-41-35(30)24-14-27-40(41)42(38-25-9-7-22-36(38)37-23-8-10-26-39(37)42)31-16-13-21-34(29-31)43(33-19-5-6-20-33)32-17-3-2-4-18-32;1-2/h2-10,12-14,16-19,21-29H,1,11,15H2;1-2H3/b28-12-;. The fraction of sp³-hybridized carbons (Fsp3) is 0.114. The van der Waals surface area contributed by atoms with E-state index in [0.29, 0.717) is 0 Å². The molecule has 2 aliphatic carbocycles. The first-order valence-corrected chi connectivity index (χ1v) is 17.1. The molecule has 0 N–H and O–H groups in total. The van der Waals surface area contributed by atoms with Gasteiger partial charge in [-0.15, -0.1) is 0 Å². The first-order valence-electron chi connectivity index (χ1n) is 16.2. The van der Waals surface area contributed by atoms with Gasteiger partial charge >= 0.3 is 0 Å². The smallest absolute Gasteiger partial charge is 0.0890 e. The topological polar surface area (TPSA) is 3.24 Å². The van der Waals surface area contributed by atoms with Crippen LogP contribution in [0.15, 0.2) is 174 Å². The second kappa shape index (κ2) is 12.8. The molecule has 3 aliphatic rings. The fourth-order valence-electron chi connectivity index (χ4n) is 7.15. The molecular formula is C44H37NS. The summed E-state index contributed by atoms with van der Waals surface area (Å²) in [4.78, 5) is 3.59. The van der Waals surface area contributed by atoms with Crippen molar-refractivity contribution in [3.05, 3.63) is 197 Å². The molecular weight excluding hydrogens is 575 g/mol. The largest absolute Gasteiger partial charge is 0.304 e. The Bertz CT molecular complexity index is 2010. The normalized spacial score (nSPS) is 15.8. The van der Waals surface area contributed by atoms with Crippen molar-refractivity contribution in [1.29, 1.82) is 0 Å². The van der Waals surface area contributed by atoms with Crippen LogP contribution >= 0.6 is 11.8 Å². The maximum Gasteiger partial charge on any atom is 0.0890 e. The molecule has 0 unspecified atom stereocenters. The van der Waals surface area contributed by atoms with Crippen LogP contribution in [-0.2, 0) is 5.41 Å². The lowest BCUT2D eigenvalue weighted by Crippen LogP contribution is -2.30. The van der Waals surface area contributed by atoms with Crippen molar-refractivity contribution in [2.45, 2.75) is 37.0 Å². The quantitative estimate of drug-likeness (QED) is 0.178. The molecule has 0 spiro atoms. The molecule has 0 aromatic heterocycles. The van der Waals surface area contributed by atoms with Crippen molar-refractivity contribution >= 4 is 28.7 Å². The predicted octanol–water partition coefficient (Wildman–Crippen LogP) is 12.2. The van der Waals surface area contributed by atoms with E-state index in [-0.39, 0.29) is 0 Å². The van der Waals surface area contributed by atoms with Gasteiger partial charge < -0.3 is 4.90 Å². The van der Waals surface area contributed by atoms with Crippen molar-refractivity contribution in [3.63, 3.8) is 0 Å². The highest BCUT2D eigenvalue weighted by Crippen LogP contribution is 2.58. The first-order chi connectivity index (χ1) is 22.8. The fourth-order valence-corrected chi connectivity index (χ4v) is 8.20. The molecule has 224 valence electrons. The molecule has 0 radical (unpaired) electrons. The molecule has 1 heterocycles. The molecule has 0 amide bonds. The molecule has 8 rings (SSSR count). The molecule has 2 heteroatoms. The molecule has 1 nitrogen and oxygen atoms in total. The van der Waals surface area contributed by atoms with E-state index < -0.39 is 5.41 Å². The van der Waals surface area contributed by atoms with Crippen molar-refractivity contribution in [1.82, 2.24) is 0 Å². The van der Waals surface area contributed by atoms with Crippen LogP contribution in [0.5, 0.6) is 0 Å². The van der Waals surface area contributed by atoms with Crippen LogP contribution in [0.1, 0.15) is 54.5 Å². The number of hydrogen-bond acceptors (Lipinski definition) is 2. The third-order valence-electron chi connectivity index (χ3n) is 9.02. The Kier molecular flexibility index (Phi) is 8.24. The van der Waals surface area contributed by atoms with Gasteiger partial charge in [-0.2, -0.15) is 0 Å². The zero-order valence-electron chi connectivity index (χ0n) is 26.4. The third kappa shape index (κ3) is 4.83. The zero-order valence-corrected chi connectivity index (χ0v) is 27.2. The number of anilines is 2. The van der Waals surface area contributed by atoms with E-state index >= 15 is 0 Å². The number of hydrogen-bond donors (Lipinski definition) is 0. The lowest BCUT2D eigenvalue weighted by molar-refractivity contribution is 0.748. The van der Waals surface area contributed by atoms with E-state index in [1.807, 2.05) is 31.7 Å². The Morgan fingerprint density at radius 2 is 1.33 bits per heavy atom. The summed E-state index contributed by atoms with van der Waals surface area (Å²) in [5.41, 5.74) is 16.4. The summed E-state index contributed by atoms with van der Waals surface area (Å²) in [5.74, 6) is 0. The van der Waals surface area contributed by atoms with E-state index in [9.17, 15) is 0 Å². The van der Waals surface area contributed by atoms with Gasteiger partial charge in [0.2, 0.25) is 0 Å². The molecule has 46 heavy (non-hydrogen) atoms. The maximum atomic E-state index is 4.55. The van der Waals surface area contributed by atoms with Gasteiger partial charge in [0.05, 0.1) is 11.1 Å². The Morgan fingerprint density at radius 1 is 0.696 bits per heavy atom. The molecule has 1 aliphatic heterocycles. The van der Waals surface area contributed by atoms with Gasteiger partial charge in [-0.05, 0) is 99.2 Å². The molecule has 0 saturated heterocycles. The number of para-hydroxylation sites is 1. The van der Waals surface area contributed by atoms with Crippen LogP contribution in [-0.4, -0.2) is 0 Å². The number of nitrogens with zero attached hydrogens (tertiary/aromatic N) is 1. The lowest BCUT2D eigenvalue weighted by Gasteiger charge is -2.37. The monoisotopic (exact) mass is 611 g/mol. The van der Waals surface area contributed by atoms with Gasteiger partial charge in [-0.3, -0.25) is 0 Å². The average molecular weight is 612 g/mol. The zero-order chi connectivity index (χ0) is 31.5. The van der Waals surface area contributed by atoms with Crippen molar-refractivity contribution in [2.24, 2.45) is 0 Å².